The molecule has 0 aromatic carbocycles. The summed E-state index contributed by atoms with van der Waals surface area (Å²) >= 11 is 1.63. The van der Waals surface area contributed by atoms with Gasteiger partial charge in [0, 0.05) is 6.54 Å². The van der Waals surface area contributed by atoms with E-state index in [1.54, 1.807) is 29.5 Å². The van der Waals surface area contributed by atoms with E-state index in [4.69, 9.17) is 5.73 Å². The summed E-state index contributed by atoms with van der Waals surface area (Å²) in [6, 6.07) is 5.01. The van der Waals surface area contributed by atoms with E-state index in [-0.39, 0.29) is 5.91 Å². The highest BCUT2D eigenvalue weighted by atomic mass is 32.1. The van der Waals surface area contributed by atoms with E-state index >= 15 is 0 Å². The Bertz CT molecular complexity index is 536. The van der Waals surface area contributed by atoms with E-state index in [0.29, 0.717) is 18.1 Å². The molecule has 0 radical (unpaired) electrons. The molecule has 0 saturated carbocycles. The number of carbonyl (C=O) groups is 1. The van der Waals surface area contributed by atoms with Crippen LogP contribution in [0.3, 0.4) is 0 Å². The lowest BCUT2D eigenvalue weighted by Crippen LogP contribution is -2.24. The summed E-state index contributed by atoms with van der Waals surface area (Å²) in [7, 11) is 0. The first kappa shape index (κ1) is 11.6. The van der Waals surface area contributed by atoms with Crippen LogP contribution in [0.2, 0.25) is 0 Å². The Labute approximate surface area is 103 Å². The molecular formula is C12H13N3OS. The minimum absolute atomic E-state index is 0.206. The number of pyridine rings is 1. The van der Waals surface area contributed by atoms with Crippen LogP contribution < -0.4 is 11.1 Å². The normalized spacial score (nSPS) is 10.2. The van der Waals surface area contributed by atoms with Crippen molar-refractivity contribution in [1.29, 1.82) is 0 Å². The molecule has 0 aliphatic heterocycles. The Morgan fingerprint density at radius 2 is 2.29 bits per heavy atom. The van der Waals surface area contributed by atoms with Crippen molar-refractivity contribution >= 4 is 23.1 Å². The van der Waals surface area contributed by atoms with Gasteiger partial charge in [0.05, 0.1) is 0 Å². The molecule has 17 heavy (non-hydrogen) atoms. The third kappa shape index (κ3) is 2.82. The second-order valence-corrected chi connectivity index (χ2v) is 4.45. The van der Waals surface area contributed by atoms with Crippen molar-refractivity contribution in [2.24, 2.45) is 0 Å². The van der Waals surface area contributed by atoms with Crippen molar-refractivity contribution in [2.75, 3.05) is 5.73 Å². The number of nitrogens with one attached hydrogen (secondary N) is 1. The lowest BCUT2D eigenvalue weighted by molar-refractivity contribution is 0.0946. The van der Waals surface area contributed by atoms with E-state index in [2.05, 4.69) is 15.7 Å². The van der Waals surface area contributed by atoms with E-state index < -0.39 is 0 Å². The lowest BCUT2D eigenvalue weighted by atomic mass is 10.2. The monoisotopic (exact) mass is 247 g/mol. The maximum atomic E-state index is 11.8. The zero-order chi connectivity index (χ0) is 12.3. The largest absolute Gasteiger partial charge is 0.384 e. The van der Waals surface area contributed by atoms with Crippen LogP contribution in [0.4, 0.5) is 5.82 Å². The number of hydrogen-bond acceptors (Lipinski definition) is 4. The zero-order valence-corrected chi connectivity index (χ0v) is 10.3. The van der Waals surface area contributed by atoms with Gasteiger partial charge in [-0.05, 0) is 40.9 Å². The molecule has 0 aliphatic carbocycles. The second-order valence-electron chi connectivity index (χ2n) is 3.71. The summed E-state index contributed by atoms with van der Waals surface area (Å²) in [5.41, 5.74) is 8.19. The molecule has 88 valence electrons. The van der Waals surface area contributed by atoms with Crippen LogP contribution in [0.1, 0.15) is 21.6 Å². The first-order valence-electron chi connectivity index (χ1n) is 5.19. The Morgan fingerprint density at radius 1 is 1.47 bits per heavy atom. The number of nitrogen functional groups attached to an aromatic ring is 1. The summed E-state index contributed by atoms with van der Waals surface area (Å²) in [5, 5.41) is 6.91. The van der Waals surface area contributed by atoms with E-state index in [1.807, 2.05) is 12.3 Å². The molecule has 5 heteroatoms. The number of carbonyl (C=O) groups excluding carboxylic acids is 1. The van der Waals surface area contributed by atoms with E-state index in [0.717, 1.165) is 5.56 Å². The van der Waals surface area contributed by atoms with Crippen LogP contribution in [0, 0.1) is 6.92 Å². The van der Waals surface area contributed by atoms with Gasteiger partial charge in [-0.15, -0.1) is 0 Å². The highest BCUT2D eigenvalue weighted by molar-refractivity contribution is 7.08. The molecule has 0 bridgehead atoms. The summed E-state index contributed by atoms with van der Waals surface area (Å²) < 4.78 is 0. The Kier molecular flexibility index (Phi) is 3.39. The molecule has 2 aromatic heterocycles. The first-order valence-corrected chi connectivity index (χ1v) is 6.13. The predicted molar refractivity (Wildman–Crippen MR) is 68.9 cm³/mol. The zero-order valence-electron chi connectivity index (χ0n) is 9.43. The fourth-order valence-corrected chi connectivity index (χ4v) is 2.27. The van der Waals surface area contributed by atoms with Crippen molar-refractivity contribution in [3.05, 3.63) is 45.8 Å². The van der Waals surface area contributed by atoms with E-state index in [1.165, 1.54) is 5.56 Å². The number of aryl methyl sites for hydroxylation is 1. The highest BCUT2D eigenvalue weighted by Crippen LogP contribution is 2.13. The first-order chi connectivity index (χ1) is 8.16. The van der Waals surface area contributed by atoms with E-state index in [9.17, 15) is 4.79 Å². The van der Waals surface area contributed by atoms with Crippen LogP contribution in [-0.2, 0) is 6.54 Å². The Hall–Kier alpha value is -1.88. The summed E-state index contributed by atoms with van der Waals surface area (Å²) in [4.78, 5) is 15.7. The minimum atomic E-state index is -0.206. The smallest absolute Gasteiger partial charge is 0.270 e. The number of amides is 1. The number of anilines is 1. The van der Waals surface area contributed by atoms with Gasteiger partial charge in [0.2, 0.25) is 0 Å². The number of thiophene rings is 1. The number of rotatable bonds is 3. The SMILES string of the molecule is Cc1cscc1CNC(=O)c1cccc(N)n1. The third-order valence-electron chi connectivity index (χ3n) is 2.40. The van der Waals surface area contributed by atoms with Crippen LogP contribution >= 0.6 is 11.3 Å². The quantitative estimate of drug-likeness (QED) is 0.871. The fourth-order valence-electron chi connectivity index (χ4n) is 1.41. The molecule has 1 amide bonds. The molecule has 0 saturated heterocycles. The van der Waals surface area contributed by atoms with Crippen LogP contribution in [0.25, 0.3) is 0 Å². The molecule has 0 unspecified atom stereocenters. The van der Waals surface area contributed by atoms with Crippen molar-refractivity contribution in [1.82, 2.24) is 10.3 Å². The van der Waals surface area contributed by atoms with Gasteiger partial charge < -0.3 is 11.1 Å². The molecule has 0 fully saturated rings. The van der Waals surface area contributed by atoms with Crippen molar-refractivity contribution < 1.29 is 4.79 Å². The van der Waals surface area contributed by atoms with Gasteiger partial charge in [-0.2, -0.15) is 11.3 Å². The van der Waals surface area contributed by atoms with Crippen molar-refractivity contribution in [2.45, 2.75) is 13.5 Å². The number of aromatic nitrogens is 1. The predicted octanol–water partition coefficient (Wildman–Crippen LogP) is 1.96. The standard InChI is InChI=1S/C12H13N3OS/c1-8-6-17-7-9(8)5-14-12(16)10-3-2-4-11(13)15-10/h2-4,6-7H,5H2,1H3,(H2,13,15)(H,14,16). The molecule has 3 N–H and O–H groups in total. The molecule has 0 aliphatic rings. The van der Waals surface area contributed by atoms with Gasteiger partial charge in [-0.1, -0.05) is 6.07 Å². The van der Waals surface area contributed by atoms with Crippen molar-refractivity contribution in [3.8, 4) is 0 Å². The Morgan fingerprint density at radius 3 is 2.94 bits per heavy atom. The number of nitrogens with two attached hydrogens (primary N) is 1. The topological polar surface area (TPSA) is 68.0 Å². The Balaban J connectivity index is 2.01. The average Bonchev–Trinajstić information content (AvgIpc) is 2.72. The van der Waals surface area contributed by atoms with Gasteiger partial charge in [-0.3, -0.25) is 4.79 Å². The van der Waals surface area contributed by atoms with Gasteiger partial charge in [0.25, 0.3) is 5.91 Å². The van der Waals surface area contributed by atoms with Gasteiger partial charge >= 0.3 is 0 Å². The lowest BCUT2D eigenvalue weighted by Gasteiger charge is -2.04. The van der Waals surface area contributed by atoms with Gasteiger partial charge in [0.15, 0.2) is 0 Å². The van der Waals surface area contributed by atoms with Crippen LogP contribution in [0.15, 0.2) is 29.0 Å². The van der Waals surface area contributed by atoms with Gasteiger partial charge in [-0.25, -0.2) is 4.98 Å². The molecule has 4 nitrogen and oxygen atoms in total. The summed E-state index contributed by atoms with van der Waals surface area (Å²) in [6.45, 7) is 2.54. The molecule has 2 rings (SSSR count). The molecule has 0 spiro atoms. The number of nitrogens with zero attached hydrogens (tertiary/aromatic N) is 1. The summed E-state index contributed by atoms with van der Waals surface area (Å²) in [5.74, 6) is 0.146. The maximum absolute atomic E-state index is 11.8. The molecule has 0 atom stereocenters. The minimum Gasteiger partial charge on any atom is -0.384 e. The maximum Gasteiger partial charge on any atom is 0.270 e. The average molecular weight is 247 g/mol. The molecular weight excluding hydrogens is 234 g/mol. The second kappa shape index (κ2) is 4.97. The molecule has 2 heterocycles. The van der Waals surface area contributed by atoms with Crippen LogP contribution in [0.5, 0.6) is 0 Å². The summed E-state index contributed by atoms with van der Waals surface area (Å²) in [6.07, 6.45) is 0. The third-order valence-corrected chi connectivity index (χ3v) is 3.31. The molecule has 2 aromatic rings. The number of hydrogen-bond donors (Lipinski definition) is 2. The highest BCUT2D eigenvalue weighted by Gasteiger charge is 2.07. The van der Waals surface area contributed by atoms with Gasteiger partial charge in [0.1, 0.15) is 11.5 Å². The van der Waals surface area contributed by atoms with Crippen LogP contribution in [-0.4, -0.2) is 10.9 Å². The fraction of sp³-hybridized carbons (Fsp3) is 0.167. The van der Waals surface area contributed by atoms with Crippen molar-refractivity contribution in [3.63, 3.8) is 0 Å².